The molecule has 0 aromatic heterocycles. The molecule has 0 amide bonds. The molecular weight excluding hydrogens is 836 g/mol. The van der Waals surface area contributed by atoms with Crippen LogP contribution in [0.25, 0.3) is 0 Å². The summed E-state index contributed by atoms with van der Waals surface area (Å²) >= 11 is 0. The molecule has 24 atom stereocenters. The largest absolute Gasteiger partial charge is 0.481 e. The Labute approximate surface area is 379 Å². The van der Waals surface area contributed by atoms with Gasteiger partial charge in [-0.1, -0.05) is 34.6 Å². The minimum Gasteiger partial charge on any atom is -0.481 e. The maximum atomic E-state index is 11.9. The highest BCUT2D eigenvalue weighted by Gasteiger charge is 2.64. The number of hydrogen-bond acceptors (Lipinski definition) is 16. The molecule has 1 spiro atoms. The van der Waals surface area contributed by atoms with E-state index in [4.69, 9.17) is 56.8 Å². The normalized spacial score (nSPS) is 54.1. The van der Waals surface area contributed by atoms with E-state index in [1.54, 1.807) is 28.1 Å². The van der Waals surface area contributed by atoms with Crippen molar-refractivity contribution in [2.75, 3.05) is 28.4 Å². The number of rotatable bonds is 13. The number of aliphatic hydroxyl groups excluding tert-OH is 1. The third-order valence-electron chi connectivity index (χ3n) is 16.8. The van der Waals surface area contributed by atoms with Gasteiger partial charge in [0, 0.05) is 77.8 Å². The first-order valence-corrected chi connectivity index (χ1v) is 23.8. The van der Waals surface area contributed by atoms with Crippen molar-refractivity contribution in [2.24, 2.45) is 29.6 Å². The predicted molar refractivity (Wildman–Crippen MR) is 228 cm³/mol. The number of methoxy groups -OCH3 is 4. The monoisotopic (exact) mass is 917 g/mol. The third kappa shape index (κ3) is 9.46. The molecular formula is C47H80O17. The standard InChI is InChI=1S/C47H80O17/c1-23-18-24(2)45(9,51)61-36(23)31-19-32(58-35-20-30(53-10)40(55-12)28(6)57-35)42(59-31)44(8)15-14-33(60-44)43(7)16-17-46(64-43)21-29(48)25(3)37(62-46)26(4)38-41(56-13)39(54-11)27(5)47(52,63-38)22-34(49)50/h23-33,35-42,48,51-52H,14-22H2,1-13H3,(H,49,50)/t23-,24+,25+,26+,27-,28?,29-,30-,31+,32-,33+,35+,36-,37-,38-,39-,40-,41-,42+,43-,44-,45-,46+,47+/m0/s1. The predicted octanol–water partition coefficient (Wildman–Crippen LogP) is 4.32. The van der Waals surface area contributed by atoms with Crippen LogP contribution in [0.15, 0.2) is 0 Å². The van der Waals surface area contributed by atoms with Crippen LogP contribution in [-0.2, 0) is 61.6 Å². The van der Waals surface area contributed by atoms with E-state index in [1.807, 2.05) is 34.6 Å². The van der Waals surface area contributed by atoms with Gasteiger partial charge in [-0.25, -0.2) is 0 Å². The molecule has 0 aromatic carbocycles. The summed E-state index contributed by atoms with van der Waals surface area (Å²) in [6, 6.07) is 0. The molecule has 4 N–H and O–H groups in total. The molecule has 0 aromatic rings. The van der Waals surface area contributed by atoms with Crippen molar-refractivity contribution in [1.29, 1.82) is 0 Å². The summed E-state index contributed by atoms with van der Waals surface area (Å²) in [7, 11) is 6.37. The fraction of sp³-hybridized carbons (Fsp3) is 0.979. The summed E-state index contributed by atoms with van der Waals surface area (Å²) in [5.41, 5.74) is -1.60. The van der Waals surface area contributed by atoms with Gasteiger partial charge in [0.2, 0.25) is 0 Å². The zero-order valence-corrected chi connectivity index (χ0v) is 40.4. The first kappa shape index (κ1) is 50.7. The minimum absolute atomic E-state index is 0.0406. The van der Waals surface area contributed by atoms with Gasteiger partial charge in [0.25, 0.3) is 0 Å². The summed E-state index contributed by atoms with van der Waals surface area (Å²) in [5, 5.41) is 44.3. The maximum absolute atomic E-state index is 11.9. The molecule has 370 valence electrons. The number of carboxylic acid groups (broad SMARTS) is 1. The topological polar surface area (TPSA) is 209 Å². The third-order valence-corrected chi connectivity index (χ3v) is 16.8. The van der Waals surface area contributed by atoms with Crippen molar-refractivity contribution in [1.82, 2.24) is 0 Å². The molecule has 7 aliphatic heterocycles. The van der Waals surface area contributed by atoms with Gasteiger partial charge in [0.15, 0.2) is 23.7 Å². The average Bonchev–Trinajstić information content (AvgIpc) is 3.94. The smallest absolute Gasteiger partial charge is 0.308 e. The van der Waals surface area contributed by atoms with Crippen molar-refractivity contribution in [3.05, 3.63) is 0 Å². The number of aliphatic hydroxyl groups is 3. The first-order valence-electron chi connectivity index (χ1n) is 23.8. The number of aliphatic carboxylic acids is 1. The lowest BCUT2D eigenvalue weighted by Gasteiger charge is -2.53. The lowest BCUT2D eigenvalue weighted by Crippen LogP contribution is -2.65. The Morgan fingerprint density at radius 2 is 1.45 bits per heavy atom. The highest BCUT2D eigenvalue weighted by molar-refractivity contribution is 5.68. The van der Waals surface area contributed by atoms with E-state index >= 15 is 0 Å². The molecule has 7 rings (SSSR count). The molecule has 1 unspecified atom stereocenters. The van der Waals surface area contributed by atoms with Crippen LogP contribution in [0.5, 0.6) is 0 Å². The van der Waals surface area contributed by atoms with Crippen LogP contribution in [-0.4, -0.2) is 169 Å². The number of carboxylic acids is 1. The van der Waals surface area contributed by atoms with Gasteiger partial charge in [0.1, 0.15) is 18.3 Å². The SMILES string of the molecule is CO[C@@H]1[C@@H](OC)[C@H](C)[C@@](O)(CC(=O)O)O[C@H]1[C@H](C)[C@H]1O[C@@]2(CC[C@@](C)([C@H]3CC[C@@](C)([C@@H]4O[C@@H]([C@H]5O[C@](C)(O)[C@H](C)C[C@@H]5C)C[C@@H]4O[C@@H]4C[C@H](OC)[C@@H](OC)C(C)O4)O3)O2)C[C@H](O)[C@H]1C. The van der Waals surface area contributed by atoms with Gasteiger partial charge in [-0.15, -0.1) is 0 Å². The molecule has 17 heteroatoms. The molecule has 7 heterocycles. The number of carbonyl (C=O) groups is 1. The van der Waals surface area contributed by atoms with Crippen molar-refractivity contribution < 1.29 is 82.1 Å². The van der Waals surface area contributed by atoms with Crippen molar-refractivity contribution in [2.45, 2.75) is 234 Å². The fourth-order valence-electron chi connectivity index (χ4n) is 12.7. The molecule has 0 saturated carbocycles. The van der Waals surface area contributed by atoms with E-state index in [0.717, 1.165) is 6.42 Å². The number of ether oxygens (including phenoxy) is 12. The van der Waals surface area contributed by atoms with Gasteiger partial charge in [0.05, 0.1) is 78.7 Å². The molecule has 0 radical (unpaired) electrons. The molecule has 64 heavy (non-hydrogen) atoms. The Kier molecular flexibility index (Phi) is 15.1. The van der Waals surface area contributed by atoms with Gasteiger partial charge in [-0.05, 0) is 59.3 Å². The minimum atomic E-state index is -2.03. The maximum Gasteiger partial charge on any atom is 0.308 e. The molecule has 7 fully saturated rings. The van der Waals surface area contributed by atoms with E-state index in [-0.39, 0.29) is 60.8 Å². The Morgan fingerprint density at radius 3 is 2.09 bits per heavy atom. The summed E-state index contributed by atoms with van der Waals surface area (Å²) < 4.78 is 77.6. The second-order valence-electron chi connectivity index (χ2n) is 21.3. The van der Waals surface area contributed by atoms with Crippen LogP contribution >= 0.6 is 0 Å². The Hall–Kier alpha value is -1.13. The van der Waals surface area contributed by atoms with E-state index in [1.165, 1.54) is 14.2 Å². The van der Waals surface area contributed by atoms with Crippen LogP contribution in [0.4, 0.5) is 0 Å². The lowest BCUT2D eigenvalue weighted by atomic mass is 9.75. The molecule has 7 aliphatic rings. The molecule has 7 saturated heterocycles. The lowest BCUT2D eigenvalue weighted by molar-refractivity contribution is -0.365. The van der Waals surface area contributed by atoms with E-state index in [0.29, 0.717) is 38.5 Å². The van der Waals surface area contributed by atoms with Crippen molar-refractivity contribution in [3.8, 4) is 0 Å². The summed E-state index contributed by atoms with van der Waals surface area (Å²) in [5.74, 6) is -7.18. The zero-order valence-electron chi connectivity index (χ0n) is 40.4. The van der Waals surface area contributed by atoms with Crippen LogP contribution in [0.3, 0.4) is 0 Å². The van der Waals surface area contributed by atoms with Crippen molar-refractivity contribution >= 4 is 5.97 Å². The van der Waals surface area contributed by atoms with Crippen LogP contribution in [0, 0.1) is 29.6 Å². The number of hydrogen-bond donors (Lipinski definition) is 4. The second-order valence-corrected chi connectivity index (χ2v) is 21.3. The second kappa shape index (κ2) is 19.0. The zero-order chi connectivity index (χ0) is 46.9. The first-order chi connectivity index (χ1) is 30.0. The van der Waals surface area contributed by atoms with E-state index in [9.17, 15) is 25.2 Å². The summed E-state index contributed by atoms with van der Waals surface area (Å²) in [6.07, 6.45) is -3.18. The summed E-state index contributed by atoms with van der Waals surface area (Å²) in [4.78, 5) is 11.9. The molecule has 0 aliphatic carbocycles. The van der Waals surface area contributed by atoms with Gasteiger partial charge < -0.3 is 77.3 Å². The highest BCUT2D eigenvalue weighted by Crippen LogP contribution is 2.55. The van der Waals surface area contributed by atoms with Crippen LogP contribution in [0.2, 0.25) is 0 Å². The fourth-order valence-corrected chi connectivity index (χ4v) is 12.7. The summed E-state index contributed by atoms with van der Waals surface area (Å²) in [6.45, 7) is 17.5. The average molecular weight is 917 g/mol. The molecule has 0 bridgehead atoms. The quantitative estimate of drug-likeness (QED) is 0.203. The Bertz CT molecular complexity index is 1600. The Morgan fingerprint density at radius 1 is 0.766 bits per heavy atom. The van der Waals surface area contributed by atoms with E-state index < -0.39 is 102 Å². The van der Waals surface area contributed by atoms with E-state index in [2.05, 4.69) is 13.8 Å². The van der Waals surface area contributed by atoms with Crippen molar-refractivity contribution in [3.63, 3.8) is 0 Å². The highest BCUT2D eigenvalue weighted by atomic mass is 16.7. The van der Waals surface area contributed by atoms with Crippen LogP contribution < -0.4 is 0 Å². The van der Waals surface area contributed by atoms with Gasteiger partial charge in [-0.3, -0.25) is 4.79 Å². The molecule has 17 nitrogen and oxygen atoms in total. The van der Waals surface area contributed by atoms with Gasteiger partial charge >= 0.3 is 5.97 Å². The van der Waals surface area contributed by atoms with Crippen LogP contribution in [0.1, 0.15) is 120 Å². The Balaban J connectivity index is 1.09. The van der Waals surface area contributed by atoms with Gasteiger partial charge in [-0.2, -0.15) is 0 Å².